The van der Waals surface area contributed by atoms with Crippen LogP contribution in [0.3, 0.4) is 0 Å². The molecule has 13 heavy (non-hydrogen) atoms. The number of carbonyl (C=O) groups is 1. The van der Waals surface area contributed by atoms with Gasteiger partial charge in [0.25, 0.3) is 0 Å². The van der Waals surface area contributed by atoms with Crippen LogP contribution in [0.4, 0.5) is 0 Å². The summed E-state index contributed by atoms with van der Waals surface area (Å²) in [5, 5.41) is 0. The number of pyridine rings is 1. The second-order valence-electron chi connectivity index (χ2n) is 2.48. The third kappa shape index (κ3) is 2.99. The smallest absolute Gasteiger partial charge is 0.152 e. The molecule has 0 aliphatic heterocycles. The lowest BCUT2D eigenvalue weighted by Gasteiger charge is -1.95. The van der Waals surface area contributed by atoms with E-state index in [4.69, 9.17) is 11.6 Å². The number of hydrogen-bond donors (Lipinski definition) is 0. The van der Waals surface area contributed by atoms with Gasteiger partial charge in [-0.05, 0) is 24.6 Å². The molecule has 0 unspecified atom stereocenters. The number of carbonyl (C=O) groups excluding carboxylic acids is 1. The quantitative estimate of drug-likeness (QED) is 0.546. The Kier molecular flexibility index (Phi) is 4.19. The third-order valence-corrected chi connectivity index (χ3v) is 1.77. The molecule has 0 fully saturated rings. The zero-order chi connectivity index (χ0) is 9.52. The molecule has 3 heteroatoms. The molecule has 0 N–H and O–H groups in total. The zero-order valence-corrected chi connectivity index (χ0v) is 7.87. The number of rotatable bonds is 4. The molecular weight excluding hydrogens is 186 g/mol. The normalized spacial score (nSPS) is 10.5. The van der Waals surface area contributed by atoms with Crippen LogP contribution >= 0.6 is 11.6 Å². The van der Waals surface area contributed by atoms with Gasteiger partial charge in [0.15, 0.2) is 6.29 Å². The molecule has 0 radical (unpaired) electrons. The summed E-state index contributed by atoms with van der Waals surface area (Å²) in [5.74, 6) is 0.583. The first-order valence-electron chi connectivity index (χ1n) is 4.01. The van der Waals surface area contributed by atoms with Crippen LogP contribution < -0.4 is 0 Å². The van der Waals surface area contributed by atoms with Gasteiger partial charge in [-0.1, -0.05) is 6.08 Å². The average Bonchev–Trinajstić information content (AvgIpc) is 2.19. The summed E-state index contributed by atoms with van der Waals surface area (Å²) in [6.45, 7) is 0. The van der Waals surface area contributed by atoms with Crippen molar-refractivity contribution in [3.05, 3.63) is 35.7 Å². The van der Waals surface area contributed by atoms with Crippen molar-refractivity contribution < 1.29 is 4.79 Å². The van der Waals surface area contributed by atoms with E-state index in [1.54, 1.807) is 18.3 Å². The lowest BCUT2D eigenvalue weighted by atomic mass is 10.2. The molecule has 0 saturated carbocycles. The number of aromatic nitrogens is 1. The molecule has 68 valence electrons. The van der Waals surface area contributed by atoms with Gasteiger partial charge in [-0.3, -0.25) is 9.78 Å². The van der Waals surface area contributed by atoms with Crippen molar-refractivity contribution in [2.75, 3.05) is 5.88 Å². The van der Waals surface area contributed by atoms with E-state index in [2.05, 4.69) is 4.98 Å². The summed E-state index contributed by atoms with van der Waals surface area (Å²) in [6.07, 6.45) is 6.96. The summed E-state index contributed by atoms with van der Waals surface area (Å²) in [4.78, 5) is 14.6. The Balaban J connectivity index is 2.80. The van der Waals surface area contributed by atoms with E-state index < -0.39 is 0 Å². The van der Waals surface area contributed by atoms with Crippen molar-refractivity contribution >= 4 is 24.0 Å². The Morgan fingerprint density at radius 1 is 1.54 bits per heavy atom. The molecule has 0 amide bonds. The van der Waals surface area contributed by atoms with Crippen molar-refractivity contribution in [1.82, 2.24) is 4.98 Å². The molecule has 1 aromatic heterocycles. The molecule has 1 heterocycles. The van der Waals surface area contributed by atoms with Crippen LogP contribution in [0.1, 0.15) is 22.5 Å². The Hall–Kier alpha value is -1.15. The summed E-state index contributed by atoms with van der Waals surface area (Å²) < 4.78 is 0. The molecule has 1 aromatic rings. The zero-order valence-electron chi connectivity index (χ0n) is 7.11. The van der Waals surface area contributed by atoms with E-state index >= 15 is 0 Å². The minimum absolute atomic E-state index is 0.583. The molecule has 2 nitrogen and oxygen atoms in total. The van der Waals surface area contributed by atoms with Gasteiger partial charge in [0.2, 0.25) is 0 Å². The average molecular weight is 196 g/mol. The fraction of sp³-hybridized carbons (Fsp3) is 0.200. The van der Waals surface area contributed by atoms with E-state index in [9.17, 15) is 4.79 Å². The van der Waals surface area contributed by atoms with Gasteiger partial charge in [-0.15, -0.1) is 11.6 Å². The van der Waals surface area contributed by atoms with Crippen molar-refractivity contribution in [1.29, 1.82) is 0 Å². The maximum atomic E-state index is 10.6. The molecule has 0 aromatic carbocycles. The topological polar surface area (TPSA) is 30.0 Å². The second-order valence-corrected chi connectivity index (χ2v) is 2.85. The summed E-state index contributed by atoms with van der Waals surface area (Å²) in [5.41, 5.74) is 1.30. The first-order valence-corrected chi connectivity index (χ1v) is 4.54. The predicted octanol–water partition coefficient (Wildman–Crippen LogP) is 2.54. The lowest BCUT2D eigenvalue weighted by Crippen LogP contribution is -1.88. The van der Waals surface area contributed by atoms with Crippen LogP contribution in [0.2, 0.25) is 0 Å². The van der Waals surface area contributed by atoms with Crippen molar-refractivity contribution in [3.8, 4) is 0 Å². The van der Waals surface area contributed by atoms with Crippen LogP contribution in [0, 0.1) is 0 Å². The van der Waals surface area contributed by atoms with Crippen molar-refractivity contribution in [2.24, 2.45) is 0 Å². The Bertz CT molecular complexity index is 310. The fourth-order valence-corrected chi connectivity index (χ4v) is 1.05. The van der Waals surface area contributed by atoms with E-state index in [0.29, 0.717) is 17.1 Å². The molecule has 0 aliphatic carbocycles. The Morgan fingerprint density at radius 2 is 2.38 bits per heavy atom. The SMILES string of the molecule is O=Cc1cccnc1C=CCCCl. The summed E-state index contributed by atoms with van der Waals surface area (Å²) >= 11 is 5.50. The summed E-state index contributed by atoms with van der Waals surface area (Å²) in [7, 11) is 0. The highest BCUT2D eigenvalue weighted by Gasteiger charge is 1.95. The van der Waals surface area contributed by atoms with Gasteiger partial charge in [-0.25, -0.2) is 0 Å². The van der Waals surface area contributed by atoms with Crippen LogP contribution in [0.5, 0.6) is 0 Å². The van der Waals surface area contributed by atoms with Crippen molar-refractivity contribution in [2.45, 2.75) is 6.42 Å². The van der Waals surface area contributed by atoms with Crippen LogP contribution in [0.15, 0.2) is 24.4 Å². The van der Waals surface area contributed by atoms with E-state index in [0.717, 1.165) is 12.7 Å². The van der Waals surface area contributed by atoms with Gasteiger partial charge >= 0.3 is 0 Å². The summed E-state index contributed by atoms with van der Waals surface area (Å²) in [6, 6.07) is 3.48. The Morgan fingerprint density at radius 3 is 3.08 bits per heavy atom. The minimum Gasteiger partial charge on any atom is -0.298 e. The molecule has 0 spiro atoms. The largest absolute Gasteiger partial charge is 0.298 e. The maximum absolute atomic E-state index is 10.6. The van der Waals surface area contributed by atoms with Crippen LogP contribution in [-0.2, 0) is 0 Å². The monoisotopic (exact) mass is 195 g/mol. The second kappa shape index (κ2) is 5.49. The number of aldehydes is 1. The number of allylic oxidation sites excluding steroid dienone is 1. The highest BCUT2D eigenvalue weighted by atomic mass is 35.5. The third-order valence-electron chi connectivity index (χ3n) is 1.55. The number of hydrogen-bond acceptors (Lipinski definition) is 2. The maximum Gasteiger partial charge on any atom is 0.152 e. The lowest BCUT2D eigenvalue weighted by molar-refractivity contribution is 0.112. The predicted molar refractivity (Wildman–Crippen MR) is 54.0 cm³/mol. The molecule has 0 saturated heterocycles. The van der Waals surface area contributed by atoms with Crippen LogP contribution in [-0.4, -0.2) is 17.2 Å². The molecule has 0 atom stereocenters. The Labute approximate surface area is 82.3 Å². The van der Waals surface area contributed by atoms with Crippen LogP contribution in [0.25, 0.3) is 6.08 Å². The number of halogens is 1. The first kappa shape index (κ1) is 9.93. The molecule has 1 rings (SSSR count). The van der Waals surface area contributed by atoms with Gasteiger partial charge in [-0.2, -0.15) is 0 Å². The molecule has 0 bridgehead atoms. The minimum atomic E-state index is 0.583. The number of nitrogens with zero attached hydrogens (tertiary/aromatic N) is 1. The first-order chi connectivity index (χ1) is 6.38. The van der Waals surface area contributed by atoms with E-state index in [1.807, 2.05) is 12.2 Å². The van der Waals surface area contributed by atoms with E-state index in [-0.39, 0.29) is 0 Å². The van der Waals surface area contributed by atoms with Gasteiger partial charge in [0.1, 0.15) is 0 Å². The van der Waals surface area contributed by atoms with Gasteiger partial charge < -0.3 is 0 Å². The highest BCUT2D eigenvalue weighted by Crippen LogP contribution is 2.05. The number of alkyl halides is 1. The van der Waals surface area contributed by atoms with Gasteiger partial charge in [0, 0.05) is 17.6 Å². The molecule has 0 aliphatic rings. The standard InChI is InChI=1S/C10H10ClNO/c11-6-2-1-5-10-9(8-13)4-3-7-12-10/h1,3-5,7-8H,2,6H2. The highest BCUT2D eigenvalue weighted by molar-refractivity contribution is 6.17. The van der Waals surface area contributed by atoms with E-state index in [1.165, 1.54) is 0 Å². The fourth-order valence-electron chi connectivity index (χ4n) is 0.927. The van der Waals surface area contributed by atoms with Crippen molar-refractivity contribution in [3.63, 3.8) is 0 Å². The van der Waals surface area contributed by atoms with Gasteiger partial charge in [0.05, 0.1) is 5.69 Å². The molecular formula is C10H10ClNO.